The van der Waals surface area contributed by atoms with Gasteiger partial charge in [-0.2, -0.15) is 0 Å². The smallest absolute Gasteiger partial charge is 0.123 e. The fourth-order valence-corrected chi connectivity index (χ4v) is 7.93. The summed E-state index contributed by atoms with van der Waals surface area (Å²) in [4.78, 5) is 9.07. The minimum Gasteiger partial charge on any atom is -0.245 e. The SMILES string of the molecule is c1ccc2cc(-c3ccc4c(-c5ccc(-c6nccs6)cc5)c5ccccc5c(-c5ccc(-c6nccs6)cc5)c4c3)ccc2c1. The monoisotopic (exact) mass is 622 g/mol. The molecule has 0 aliphatic rings. The molecule has 0 unspecified atom stereocenters. The zero-order valence-electron chi connectivity index (χ0n) is 24.7. The van der Waals surface area contributed by atoms with Crippen LogP contribution < -0.4 is 0 Å². The molecular formula is C42H26N2S2. The van der Waals surface area contributed by atoms with Crippen LogP contribution >= 0.6 is 22.7 Å². The first-order chi connectivity index (χ1) is 22.8. The third-order valence-corrected chi connectivity index (χ3v) is 10.5. The van der Waals surface area contributed by atoms with E-state index in [1.54, 1.807) is 22.7 Å². The summed E-state index contributed by atoms with van der Waals surface area (Å²) < 4.78 is 0. The highest BCUT2D eigenvalue weighted by Crippen LogP contribution is 2.45. The largest absolute Gasteiger partial charge is 0.245 e. The van der Waals surface area contributed by atoms with Crippen molar-refractivity contribution in [3.63, 3.8) is 0 Å². The van der Waals surface area contributed by atoms with Gasteiger partial charge in [0.25, 0.3) is 0 Å². The van der Waals surface area contributed by atoms with Gasteiger partial charge in [0.2, 0.25) is 0 Å². The molecule has 0 bridgehead atoms. The molecule has 0 atom stereocenters. The van der Waals surface area contributed by atoms with Gasteiger partial charge in [0.15, 0.2) is 0 Å². The van der Waals surface area contributed by atoms with E-state index in [1.807, 2.05) is 23.2 Å². The van der Waals surface area contributed by atoms with Crippen LogP contribution in [-0.4, -0.2) is 9.97 Å². The average molecular weight is 623 g/mol. The van der Waals surface area contributed by atoms with E-state index in [1.165, 1.54) is 65.7 Å². The van der Waals surface area contributed by atoms with Crippen LogP contribution in [-0.2, 0) is 0 Å². The first-order valence-corrected chi connectivity index (χ1v) is 17.0. The lowest BCUT2D eigenvalue weighted by molar-refractivity contribution is 1.41. The molecule has 0 radical (unpaired) electrons. The highest BCUT2D eigenvalue weighted by Gasteiger charge is 2.18. The van der Waals surface area contributed by atoms with E-state index >= 15 is 0 Å². The lowest BCUT2D eigenvalue weighted by Crippen LogP contribution is -1.92. The van der Waals surface area contributed by atoms with E-state index < -0.39 is 0 Å². The number of hydrogen-bond acceptors (Lipinski definition) is 4. The molecule has 0 amide bonds. The Morgan fingerprint density at radius 3 is 1.39 bits per heavy atom. The number of nitrogens with zero attached hydrogens (tertiary/aromatic N) is 2. The molecule has 46 heavy (non-hydrogen) atoms. The van der Waals surface area contributed by atoms with Crippen LogP contribution in [0.1, 0.15) is 0 Å². The van der Waals surface area contributed by atoms with E-state index in [0.717, 1.165) is 21.1 Å². The number of hydrogen-bond donors (Lipinski definition) is 0. The molecule has 2 heterocycles. The second-order valence-corrected chi connectivity index (χ2v) is 13.2. The molecule has 4 heteroatoms. The Kier molecular flexibility index (Phi) is 6.55. The van der Waals surface area contributed by atoms with Gasteiger partial charge in [0.05, 0.1) is 0 Å². The molecule has 2 aromatic heterocycles. The lowest BCUT2D eigenvalue weighted by atomic mass is 9.84. The van der Waals surface area contributed by atoms with Gasteiger partial charge < -0.3 is 0 Å². The van der Waals surface area contributed by atoms with Gasteiger partial charge in [-0.05, 0) is 77.8 Å². The maximum Gasteiger partial charge on any atom is 0.123 e. The van der Waals surface area contributed by atoms with Crippen LogP contribution in [0.4, 0.5) is 0 Å². The van der Waals surface area contributed by atoms with Gasteiger partial charge >= 0.3 is 0 Å². The molecule has 0 N–H and O–H groups in total. The molecule has 7 aromatic carbocycles. The molecule has 0 saturated carbocycles. The second kappa shape index (κ2) is 11.2. The summed E-state index contributed by atoms with van der Waals surface area (Å²) in [6.07, 6.45) is 3.73. The average Bonchev–Trinajstić information content (AvgIpc) is 3.87. The van der Waals surface area contributed by atoms with E-state index in [2.05, 4.69) is 143 Å². The quantitative estimate of drug-likeness (QED) is 0.178. The van der Waals surface area contributed by atoms with Crippen molar-refractivity contribution < 1.29 is 0 Å². The Morgan fingerprint density at radius 2 is 0.804 bits per heavy atom. The molecule has 0 spiro atoms. The zero-order chi connectivity index (χ0) is 30.5. The van der Waals surface area contributed by atoms with Gasteiger partial charge in [-0.1, -0.05) is 121 Å². The summed E-state index contributed by atoms with van der Waals surface area (Å²) in [5.41, 5.74) is 9.61. The molecule has 216 valence electrons. The van der Waals surface area contributed by atoms with Crippen molar-refractivity contribution in [2.75, 3.05) is 0 Å². The van der Waals surface area contributed by atoms with Crippen molar-refractivity contribution in [2.45, 2.75) is 0 Å². The van der Waals surface area contributed by atoms with Gasteiger partial charge in [-0.3, -0.25) is 0 Å². The maximum atomic E-state index is 4.54. The Balaban J connectivity index is 1.31. The topological polar surface area (TPSA) is 25.8 Å². The summed E-state index contributed by atoms with van der Waals surface area (Å²) in [6.45, 7) is 0. The third-order valence-electron chi connectivity index (χ3n) is 8.81. The first kappa shape index (κ1) is 26.9. The van der Waals surface area contributed by atoms with Crippen molar-refractivity contribution in [1.29, 1.82) is 0 Å². The third kappa shape index (κ3) is 4.62. The van der Waals surface area contributed by atoms with Crippen molar-refractivity contribution in [3.05, 3.63) is 157 Å². The number of aromatic nitrogens is 2. The van der Waals surface area contributed by atoms with E-state index in [0.29, 0.717) is 0 Å². The van der Waals surface area contributed by atoms with Crippen LogP contribution in [0.25, 0.3) is 86.8 Å². The van der Waals surface area contributed by atoms with E-state index in [4.69, 9.17) is 0 Å². The maximum absolute atomic E-state index is 4.54. The summed E-state index contributed by atoms with van der Waals surface area (Å²) in [5.74, 6) is 0. The van der Waals surface area contributed by atoms with Gasteiger partial charge in [0.1, 0.15) is 10.0 Å². The second-order valence-electron chi connectivity index (χ2n) is 11.4. The zero-order valence-corrected chi connectivity index (χ0v) is 26.4. The number of rotatable bonds is 5. The predicted molar refractivity (Wildman–Crippen MR) is 197 cm³/mol. The van der Waals surface area contributed by atoms with Crippen LogP contribution in [0.2, 0.25) is 0 Å². The van der Waals surface area contributed by atoms with E-state index in [9.17, 15) is 0 Å². The first-order valence-electron chi connectivity index (χ1n) is 15.3. The molecule has 0 aliphatic heterocycles. The van der Waals surface area contributed by atoms with E-state index in [-0.39, 0.29) is 0 Å². The Hall–Kier alpha value is -5.42. The highest BCUT2D eigenvalue weighted by molar-refractivity contribution is 7.13. The lowest BCUT2D eigenvalue weighted by Gasteiger charge is -2.19. The Bertz CT molecular complexity index is 2490. The van der Waals surface area contributed by atoms with Crippen molar-refractivity contribution in [3.8, 4) is 54.5 Å². The Morgan fingerprint density at radius 1 is 0.348 bits per heavy atom. The minimum atomic E-state index is 1.04. The predicted octanol–water partition coefficient (Wildman–Crippen LogP) is 12.4. The molecule has 0 fully saturated rings. The fraction of sp³-hybridized carbons (Fsp3) is 0. The summed E-state index contributed by atoms with van der Waals surface area (Å²) in [7, 11) is 0. The highest BCUT2D eigenvalue weighted by atomic mass is 32.1. The fourth-order valence-electron chi connectivity index (χ4n) is 6.64. The summed E-state index contributed by atoms with van der Waals surface area (Å²) >= 11 is 3.34. The standard InChI is InChI=1S/C42H26N2S2/c1-2-6-32-25-33(18-9-27(32)5-1)34-19-20-37-38(26-34)40(29-12-16-31(17-13-29)42-44-22-24-46-42)36-8-4-3-7-35(36)39(37)28-10-14-30(15-11-28)41-43-21-23-45-41/h1-26H. The molecule has 2 nitrogen and oxygen atoms in total. The minimum absolute atomic E-state index is 1.04. The van der Waals surface area contributed by atoms with Crippen LogP contribution in [0.15, 0.2) is 157 Å². The van der Waals surface area contributed by atoms with Crippen molar-refractivity contribution in [2.24, 2.45) is 0 Å². The molecule has 0 aliphatic carbocycles. The van der Waals surface area contributed by atoms with Gasteiger partial charge in [-0.15, -0.1) is 22.7 Å². The number of benzene rings is 7. The molecular weight excluding hydrogens is 597 g/mol. The summed E-state index contributed by atoms with van der Waals surface area (Å²) in [5, 5.41) is 13.6. The molecule has 9 rings (SSSR count). The number of thiazole rings is 2. The summed E-state index contributed by atoms with van der Waals surface area (Å²) in [6, 6.07) is 49.0. The number of fused-ring (bicyclic) bond motifs is 3. The van der Waals surface area contributed by atoms with Crippen molar-refractivity contribution >= 4 is 55.0 Å². The normalized spacial score (nSPS) is 11.5. The Labute approximate surface area is 274 Å². The van der Waals surface area contributed by atoms with Gasteiger partial charge in [0, 0.05) is 34.3 Å². The van der Waals surface area contributed by atoms with Crippen LogP contribution in [0.3, 0.4) is 0 Å². The van der Waals surface area contributed by atoms with Gasteiger partial charge in [-0.25, -0.2) is 9.97 Å². The molecule has 9 aromatic rings. The van der Waals surface area contributed by atoms with Crippen LogP contribution in [0.5, 0.6) is 0 Å². The van der Waals surface area contributed by atoms with Crippen molar-refractivity contribution in [1.82, 2.24) is 9.97 Å². The molecule has 0 saturated heterocycles. The van der Waals surface area contributed by atoms with Crippen LogP contribution in [0, 0.1) is 0 Å².